The Morgan fingerprint density at radius 2 is 0.979 bits per heavy atom. The third-order valence-corrected chi connectivity index (χ3v) is 10.4. The zero-order valence-corrected chi connectivity index (χ0v) is 27.5. The first-order chi connectivity index (χ1) is 23.6. The lowest BCUT2D eigenvalue weighted by Crippen LogP contribution is -2.12. The zero-order chi connectivity index (χ0) is 32.2. The van der Waals surface area contributed by atoms with E-state index >= 15 is 0 Å². The summed E-state index contributed by atoms with van der Waals surface area (Å²) in [5.74, 6) is 0. The molecule has 0 radical (unpaired) electrons. The van der Waals surface area contributed by atoms with Gasteiger partial charge >= 0.3 is 0 Å². The Morgan fingerprint density at radius 1 is 0.396 bits per heavy atom. The molecule has 0 N–H and O–H groups in total. The van der Waals surface area contributed by atoms with Crippen LogP contribution in [0.1, 0.15) is 11.1 Å². The SMILES string of the molecule is Cc1ccccc1N(c1ccc2sc3cc(N(c4ccccc4)c4ccc5c(c4)oc4ccccc45)ccc3c2c1)c1ccccc1C. The normalized spacial score (nSPS) is 11.5. The lowest BCUT2D eigenvalue weighted by atomic mass is 10.1. The summed E-state index contributed by atoms with van der Waals surface area (Å²) in [4.78, 5) is 4.72. The number of fused-ring (bicyclic) bond motifs is 6. The van der Waals surface area contributed by atoms with Crippen LogP contribution in [0, 0.1) is 13.8 Å². The standard InChI is InChI=1S/C44H32N2OS/c1-29-12-6-9-17-39(29)46(40-18-10-7-13-30(40)2)32-22-25-43-38(26-32)37-24-21-34(28-44(37)48-43)45(31-14-4-3-5-15-31)33-20-23-36-35-16-8-11-19-41(35)47-42(36)27-33/h3-28H,1-2H3. The Balaban J connectivity index is 1.18. The molecule has 0 bridgehead atoms. The number of benzene rings is 7. The molecule has 48 heavy (non-hydrogen) atoms. The Hall–Kier alpha value is -5.84. The summed E-state index contributed by atoms with van der Waals surface area (Å²) in [6.07, 6.45) is 0. The zero-order valence-electron chi connectivity index (χ0n) is 26.7. The first-order valence-electron chi connectivity index (χ1n) is 16.3. The van der Waals surface area contributed by atoms with Crippen LogP contribution in [0.2, 0.25) is 0 Å². The van der Waals surface area contributed by atoms with Gasteiger partial charge in [-0.25, -0.2) is 0 Å². The molecule has 0 aliphatic carbocycles. The van der Waals surface area contributed by atoms with Crippen LogP contribution in [-0.2, 0) is 0 Å². The van der Waals surface area contributed by atoms with Crippen molar-refractivity contribution >= 4 is 87.6 Å². The van der Waals surface area contributed by atoms with Gasteiger partial charge in [0.05, 0.1) is 0 Å². The maximum Gasteiger partial charge on any atom is 0.137 e. The van der Waals surface area contributed by atoms with Gasteiger partial charge in [-0.1, -0.05) is 78.9 Å². The van der Waals surface area contributed by atoms with Crippen molar-refractivity contribution in [2.24, 2.45) is 0 Å². The van der Waals surface area contributed by atoms with Crippen LogP contribution in [0.5, 0.6) is 0 Å². The second-order valence-electron chi connectivity index (χ2n) is 12.3. The van der Waals surface area contributed by atoms with Crippen LogP contribution in [0.25, 0.3) is 42.1 Å². The van der Waals surface area contributed by atoms with Crippen LogP contribution < -0.4 is 9.80 Å². The van der Waals surface area contributed by atoms with Gasteiger partial charge in [0, 0.05) is 71.1 Å². The third-order valence-electron chi connectivity index (χ3n) is 9.30. The van der Waals surface area contributed by atoms with Gasteiger partial charge < -0.3 is 14.2 Å². The molecule has 4 heteroatoms. The van der Waals surface area contributed by atoms with Gasteiger partial charge in [-0.05, 0) is 97.8 Å². The minimum atomic E-state index is 0.886. The van der Waals surface area contributed by atoms with Crippen LogP contribution >= 0.6 is 11.3 Å². The maximum absolute atomic E-state index is 6.31. The molecule has 0 saturated heterocycles. The number of furan rings is 1. The summed E-state index contributed by atoms with van der Waals surface area (Å²) >= 11 is 1.84. The molecular weight excluding hydrogens is 605 g/mol. The molecule has 230 valence electrons. The Morgan fingerprint density at radius 3 is 1.73 bits per heavy atom. The molecule has 9 aromatic rings. The molecule has 0 aliphatic rings. The molecule has 7 aromatic carbocycles. The molecular formula is C44H32N2OS. The van der Waals surface area contributed by atoms with E-state index in [0.717, 1.165) is 44.7 Å². The molecule has 0 amide bonds. The van der Waals surface area contributed by atoms with Gasteiger partial charge in [0.2, 0.25) is 0 Å². The van der Waals surface area contributed by atoms with Gasteiger partial charge in [-0.15, -0.1) is 11.3 Å². The highest BCUT2D eigenvalue weighted by Crippen LogP contribution is 2.45. The second-order valence-corrected chi connectivity index (χ2v) is 13.4. The summed E-state index contributed by atoms with van der Waals surface area (Å²) in [5, 5.41) is 4.79. The van der Waals surface area contributed by atoms with E-state index in [1.807, 2.05) is 23.5 Å². The van der Waals surface area contributed by atoms with E-state index in [0.29, 0.717) is 0 Å². The van der Waals surface area contributed by atoms with Gasteiger partial charge in [-0.2, -0.15) is 0 Å². The van der Waals surface area contributed by atoms with Crippen molar-refractivity contribution in [1.82, 2.24) is 0 Å². The fourth-order valence-corrected chi connectivity index (χ4v) is 8.07. The number of thiophene rings is 1. The molecule has 0 spiro atoms. The number of hydrogen-bond donors (Lipinski definition) is 0. The Kier molecular flexibility index (Phi) is 6.77. The Labute approximate surface area is 283 Å². The van der Waals surface area contributed by atoms with Crippen molar-refractivity contribution in [2.75, 3.05) is 9.80 Å². The van der Waals surface area contributed by atoms with E-state index in [4.69, 9.17) is 4.42 Å². The van der Waals surface area contributed by atoms with Crippen molar-refractivity contribution < 1.29 is 4.42 Å². The lowest BCUT2D eigenvalue weighted by Gasteiger charge is -2.28. The number of para-hydroxylation sites is 4. The fraction of sp³-hybridized carbons (Fsp3) is 0.0455. The number of hydrogen-bond acceptors (Lipinski definition) is 4. The smallest absolute Gasteiger partial charge is 0.137 e. The molecule has 3 nitrogen and oxygen atoms in total. The minimum Gasteiger partial charge on any atom is -0.456 e. The highest BCUT2D eigenvalue weighted by molar-refractivity contribution is 7.25. The number of nitrogens with zero attached hydrogens (tertiary/aromatic N) is 2. The van der Waals surface area contributed by atoms with Crippen LogP contribution in [0.4, 0.5) is 34.1 Å². The highest BCUT2D eigenvalue weighted by Gasteiger charge is 2.19. The van der Waals surface area contributed by atoms with Crippen molar-refractivity contribution in [3.63, 3.8) is 0 Å². The molecule has 0 saturated carbocycles. The lowest BCUT2D eigenvalue weighted by molar-refractivity contribution is 0.669. The molecule has 2 aromatic heterocycles. The summed E-state index contributed by atoms with van der Waals surface area (Å²) in [6, 6.07) is 56.4. The molecule has 9 rings (SSSR count). The van der Waals surface area contributed by atoms with E-state index < -0.39 is 0 Å². The van der Waals surface area contributed by atoms with E-state index in [1.165, 1.54) is 42.7 Å². The predicted molar refractivity (Wildman–Crippen MR) is 205 cm³/mol. The van der Waals surface area contributed by atoms with Crippen LogP contribution in [-0.4, -0.2) is 0 Å². The third kappa shape index (κ3) is 4.73. The van der Waals surface area contributed by atoms with Crippen molar-refractivity contribution in [2.45, 2.75) is 13.8 Å². The average molecular weight is 637 g/mol. The quantitative estimate of drug-likeness (QED) is 0.181. The van der Waals surface area contributed by atoms with E-state index in [-0.39, 0.29) is 0 Å². The Bertz CT molecular complexity index is 2570. The van der Waals surface area contributed by atoms with Crippen molar-refractivity contribution in [3.05, 3.63) is 169 Å². The maximum atomic E-state index is 6.31. The van der Waals surface area contributed by atoms with Crippen LogP contribution in [0.3, 0.4) is 0 Å². The van der Waals surface area contributed by atoms with E-state index in [9.17, 15) is 0 Å². The van der Waals surface area contributed by atoms with Gasteiger partial charge in [0.1, 0.15) is 11.2 Å². The molecule has 0 atom stereocenters. The summed E-state index contributed by atoms with van der Waals surface area (Å²) in [5.41, 5.74) is 11.1. The van der Waals surface area contributed by atoms with Gasteiger partial charge in [0.25, 0.3) is 0 Å². The second kappa shape index (κ2) is 11.4. The molecule has 2 heterocycles. The van der Waals surface area contributed by atoms with Gasteiger partial charge in [-0.3, -0.25) is 0 Å². The largest absolute Gasteiger partial charge is 0.456 e. The summed E-state index contributed by atoms with van der Waals surface area (Å²) in [7, 11) is 0. The van der Waals surface area contributed by atoms with E-state index in [2.05, 4.69) is 169 Å². The topological polar surface area (TPSA) is 19.6 Å². The fourth-order valence-electron chi connectivity index (χ4n) is 6.95. The first kappa shape index (κ1) is 28.4. The molecule has 0 aliphatic heterocycles. The number of anilines is 6. The van der Waals surface area contributed by atoms with Gasteiger partial charge in [0.15, 0.2) is 0 Å². The predicted octanol–water partition coefficient (Wildman–Crippen LogP) is 13.5. The molecule has 0 fully saturated rings. The van der Waals surface area contributed by atoms with E-state index in [1.54, 1.807) is 0 Å². The van der Waals surface area contributed by atoms with Crippen LogP contribution in [0.15, 0.2) is 162 Å². The number of aryl methyl sites for hydroxylation is 2. The van der Waals surface area contributed by atoms with Crippen molar-refractivity contribution in [3.8, 4) is 0 Å². The van der Waals surface area contributed by atoms with Crippen molar-refractivity contribution in [1.29, 1.82) is 0 Å². The summed E-state index contributed by atoms with van der Waals surface area (Å²) in [6.45, 7) is 4.37. The monoisotopic (exact) mass is 636 g/mol. The minimum absolute atomic E-state index is 0.886. The summed E-state index contributed by atoms with van der Waals surface area (Å²) < 4.78 is 8.83. The molecule has 0 unspecified atom stereocenters. The number of rotatable bonds is 6. The highest BCUT2D eigenvalue weighted by atomic mass is 32.1. The first-order valence-corrected chi connectivity index (χ1v) is 17.1. The average Bonchev–Trinajstić information content (AvgIpc) is 3.68.